The van der Waals surface area contributed by atoms with Gasteiger partial charge in [-0.25, -0.2) is 9.78 Å². The normalized spacial score (nSPS) is 14.9. The number of carbonyl (C=O) groups excluding carboxylic acids is 2. The largest absolute Gasteiger partial charge is 0.452 e. The van der Waals surface area contributed by atoms with Gasteiger partial charge in [0.2, 0.25) is 0 Å². The van der Waals surface area contributed by atoms with Crippen LogP contribution >= 0.6 is 11.3 Å². The van der Waals surface area contributed by atoms with E-state index in [0.717, 1.165) is 29.9 Å². The van der Waals surface area contributed by atoms with Gasteiger partial charge in [0, 0.05) is 32.7 Å². The predicted octanol–water partition coefficient (Wildman–Crippen LogP) is 3.11. The van der Waals surface area contributed by atoms with Crippen LogP contribution < -0.4 is 0 Å². The minimum atomic E-state index is -0.480. The molecule has 2 heterocycles. The number of thiazole rings is 1. The Morgan fingerprint density at radius 3 is 2.69 bits per heavy atom. The quantitative estimate of drug-likeness (QED) is 0.606. The molecule has 4 rings (SSSR count). The number of benzene rings is 2. The van der Waals surface area contributed by atoms with Gasteiger partial charge in [-0.2, -0.15) is 0 Å². The average Bonchev–Trinajstić information content (AvgIpc) is 3.22. The molecular weight excluding hydrogens is 386 g/mol. The molecule has 0 saturated carbocycles. The summed E-state index contributed by atoms with van der Waals surface area (Å²) in [7, 11) is 0. The van der Waals surface area contributed by atoms with Crippen molar-refractivity contribution in [1.82, 2.24) is 14.8 Å². The second-order valence-electron chi connectivity index (χ2n) is 7.19. The highest BCUT2D eigenvalue weighted by molar-refractivity contribution is 7.16. The lowest BCUT2D eigenvalue weighted by molar-refractivity contribution is -0.136. The Labute approximate surface area is 173 Å². The molecule has 6 nitrogen and oxygen atoms in total. The fourth-order valence-corrected chi connectivity index (χ4v) is 4.18. The summed E-state index contributed by atoms with van der Waals surface area (Å²) in [5.74, 6) is -0.625. The summed E-state index contributed by atoms with van der Waals surface area (Å²) < 4.78 is 6.17. The van der Waals surface area contributed by atoms with E-state index in [2.05, 4.69) is 35.0 Å². The number of rotatable bonds is 5. The summed E-state index contributed by atoms with van der Waals surface area (Å²) in [4.78, 5) is 33.0. The first-order chi connectivity index (χ1) is 14.1. The number of amides is 1. The number of ether oxygens (including phenoxy) is 1. The van der Waals surface area contributed by atoms with E-state index in [1.54, 1.807) is 28.6 Å². The van der Waals surface area contributed by atoms with Crippen LogP contribution in [-0.2, 0) is 16.1 Å². The van der Waals surface area contributed by atoms with Crippen molar-refractivity contribution in [2.24, 2.45) is 0 Å². The van der Waals surface area contributed by atoms with Gasteiger partial charge in [0.15, 0.2) is 6.61 Å². The number of aryl methyl sites for hydroxylation is 1. The van der Waals surface area contributed by atoms with Crippen molar-refractivity contribution in [3.8, 4) is 0 Å². The Hall–Kier alpha value is -2.77. The number of carbonyl (C=O) groups is 2. The van der Waals surface area contributed by atoms with E-state index >= 15 is 0 Å². The summed E-state index contributed by atoms with van der Waals surface area (Å²) in [5, 5.41) is 0. The molecule has 0 atom stereocenters. The minimum Gasteiger partial charge on any atom is -0.452 e. The van der Waals surface area contributed by atoms with Crippen LogP contribution in [0.4, 0.5) is 0 Å². The van der Waals surface area contributed by atoms with Gasteiger partial charge in [-0.1, -0.05) is 24.3 Å². The van der Waals surface area contributed by atoms with Crippen molar-refractivity contribution in [2.45, 2.75) is 13.5 Å². The lowest BCUT2D eigenvalue weighted by atomic mass is 10.1. The first-order valence-corrected chi connectivity index (χ1v) is 10.5. The lowest BCUT2D eigenvalue weighted by Crippen LogP contribution is -2.49. The Kier molecular flexibility index (Phi) is 5.87. The highest BCUT2D eigenvalue weighted by Crippen LogP contribution is 2.19. The Balaban J connectivity index is 1.25. The van der Waals surface area contributed by atoms with Crippen molar-refractivity contribution < 1.29 is 14.3 Å². The molecule has 0 spiro atoms. The van der Waals surface area contributed by atoms with E-state index in [-0.39, 0.29) is 12.5 Å². The number of esters is 1. The molecule has 1 aliphatic heterocycles. The minimum absolute atomic E-state index is 0.146. The molecule has 150 valence electrons. The molecule has 7 heteroatoms. The molecule has 0 bridgehead atoms. The van der Waals surface area contributed by atoms with Gasteiger partial charge in [-0.15, -0.1) is 11.3 Å². The van der Waals surface area contributed by atoms with Crippen molar-refractivity contribution >= 4 is 33.4 Å². The smallest absolute Gasteiger partial charge is 0.338 e. The van der Waals surface area contributed by atoms with E-state index in [1.165, 1.54) is 22.5 Å². The van der Waals surface area contributed by atoms with Crippen molar-refractivity contribution in [1.29, 1.82) is 0 Å². The van der Waals surface area contributed by atoms with Gasteiger partial charge in [-0.3, -0.25) is 9.69 Å². The molecule has 0 aliphatic carbocycles. The Morgan fingerprint density at radius 2 is 1.90 bits per heavy atom. The van der Waals surface area contributed by atoms with E-state index < -0.39 is 5.97 Å². The third-order valence-corrected chi connectivity index (χ3v) is 6.07. The summed E-state index contributed by atoms with van der Waals surface area (Å²) in [6.45, 7) is 5.72. The maximum Gasteiger partial charge on any atom is 0.338 e. The molecule has 3 aromatic rings. The van der Waals surface area contributed by atoms with Gasteiger partial charge in [0.25, 0.3) is 5.91 Å². The lowest BCUT2D eigenvalue weighted by Gasteiger charge is -2.34. The van der Waals surface area contributed by atoms with Crippen molar-refractivity contribution in [2.75, 3.05) is 32.8 Å². The zero-order valence-electron chi connectivity index (χ0n) is 16.3. The average molecular weight is 410 g/mol. The highest BCUT2D eigenvalue weighted by atomic mass is 32.1. The zero-order chi connectivity index (χ0) is 20.2. The maximum absolute atomic E-state index is 12.4. The van der Waals surface area contributed by atoms with Crippen LogP contribution in [0.2, 0.25) is 0 Å². The van der Waals surface area contributed by atoms with Gasteiger partial charge >= 0.3 is 5.97 Å². The monoisotopic (exact) mass is 409 g/mol. The van der Waals surface area contributed by atoms with E-state index in [9.17, 15) is 9.59 Å². The number of nitrogens with zero attached hydrogens (tertiary/aromatic N) is 3. The molecule has 2 aromatic carbocycles. The summed E-state index contributed by atoms with van der Waals surface area (Å²) in [6.07, 6.45) is 0. The topological polar surface area (TPSA) is 62.7 Å². The van der Waals surface area contributed by atoms with Crippen molar-refractivity contribution in [3.05, 3.63) is 64.7 Å². The molecule has 0 N–H and O–H groups in total. The standard InChI is InChI=1S/C22H23N3O3S/c1-16-4-2-3-5-18(16)13-24-8-10-25(11-9-24)21(26)14-28-22(27)17-6-7-19-20(12-17)29-15-23-19/h2-7,12,15H,8-11,13-14H2,1H3. The summed E-state index contributed by atoms with van der Waals surface area (Å²) >= 11 is 1.47. The molecular formula is C22H23N3O3S. The van der Waals surface area contributed by atoms with Gasteiger partial charge in [0.1, 0.15) is 0 Å². The molecule has 1 aliphatic rings. The maximum atomic E-state index is 12.4. The van der Waals surface area contributed by atoms with E-state index in [4.69, 9.17) is 4.74 Å². The van der Waals surface area contributed by atoms with Gasteiger partial charge in [-0.05, 0) is 36.2 Å². The summed E-state index contributed by atoms with van der Waals surface area (Å²) in [5.41, 5.74) is 5.64. The highest BCUT2D eigenvalue weighted by Gasteiger charge is 2.22. The van der Waals surface area contributed by atoms with Crippen LogP contribution in [0.3, 0.4) is 0 Å². The molecule has 1 fully saturated rings. The molecule has 1 amide bonds. The Bertz CT molecular complexity index is 1020. The molecule has 1 saturated heterocycles. The van der Waals surface area contributed by atoms with Crippen molar-refractivity contribution in [3.63, 3.8) is 0 Å². The van der Waals surface area contributed by atoms with Crippen LogP contribution in [-0.4, -0.2) is 59.4 Å². The van der Waals surface area contributed by atoms with E-state index in [1.807, 2.05) is 6.07 Å². The van der Waals surface area contributed by atoms with Crippen LogP contribution in [0.15, 0.2) is 48.0 Å². The fraction of sp³-hybridized carbons (Fsp3) is 0.318. The SMILES string of the molecule is Cc1ccccc1CN1CCN(C(=O)COC(=O)c2ccc3ncsc3c2)CC1. The number of hydrogen-bond acceptors (Lipinski definition) is 6. The van der Waals surface area contributed by atoms with Crippen LogP contribution in [0.5, 0.6) is 0 Å². The first-order valence-electron chi connectivity index (χ1n) is 9.65. The third-order valence-electron chi connectivity index (χ3n) is 5.27. The molecule has 0 unspecified atom stereocenters. The Morgan fingerprint density at radius 1 is 1.10 bits per heavy atom. The predicted molar refractivity (Wildman–Crippen MR) is 113 cm³/mol. The van der Waals surface area contributed by atoms with Gasteiger partial charge in [0.05, 0.1) is 21.3 Å². The van der Waals surface area contributed by atoms with Gasteiger partial charge < -0.3 is 9.64 Å². The number of hydrogen-bond donors (Lipinski definition) is 0. The van der Waals surface area contributed by atoms with E-state index in [0.29, 0.717) is 18.7 Å². The number of fused-ring (bicyclic) bond motifs is 1. The second kappa shape index (κ2) is 8.71. The number of aromatic nitrogens is 1. The second-order valence-corrected chi connectivity index (χ2v) is 8.08. The third kappa shape index (κ3) is 4.63. The summed E-state index contributed by atoms with van der Waals surface area (Å²) in [6, 6.07) is 13.6. The molecule has 0 radical (unpaired) electrons. The van der Waals surface area contributed by atoms with Crippen LogP contribution in [0.1, 0.15) is 21.5 Å². The fourth-order valence-electron chi connectivity index (χ4n) is 3.47. The zero-order valence-corrected chi connectivity index (χ0v) is 17.2. The van der Waals surface area contributed by atoms with Crippen LogP contribution in [0, 0.1) is 6.92 Å². The molecule has 29 heavy (non-hydrogen) atoms. The molecule has 1 aromatic heterocycles. The van der Waals surface area contributed by atoms with Crippen LogP contribution in [0.25, 0.3) is 10.2 Å². The number of piperazine rings is 1. The first kappa shape index (κ1) is 19.5.